The molecule has 0 aliphatic carbocycles. The second-order valence-corrected chi connectivity index (χ2v) is 4.20. The zero-order valence-corrected chi connectivity index (χ0v) is 10.6. The van der Waals surface area contributed by atoms with Crippen molar-refractivity contribution < 1.29 is 14.7 Å². The molecule has 0 rings (SSSR count). The van der Waals surface area contributed by atoms with Gasteiger partial charge in [0.15, 0.2) is 0 Å². The zero-order chi connectivity index (χ0) is 13.3. The van der Waals surface area contributed by atoms with Gasteiger partial charge in [0.25, 0.3) is 0 Å². The number of primary amides is 1. The van der Waals surface area contributed by atoms with E-state index in [0.29, 0.717) is 13.0 Å². The van der Waals surface area contributed by atoms with Crippen molar-refractivity contribution >= 4 is 11.8 Å². The highest BCUT2D eigenvalue weighted by Gasteiger charge is 2.16. The van der Waals surface area contributed by atoms with Crippen molar-refractivity contribution in [1.29, 1.82) is 0 Å². The van der Waals surface area contributed by atoms with Crippen molar-refractivity contribution in [3.05, 3.63) is 0 Å². The quantitative estimate of drug-likeness (QED) is 0.457. The maximum Gasteiger partial charge on any atom is 0.234 e. The molecule has 6 nitrogen and oxygen atoms in total. The first kappa shape index (κ1) is 15.9. The van der Waals surface area contributed by atoms with Crippen LogP contribution in [0, 0.1) is 0 Å². The average Bonchev–Trinajstić information content (AvgIpc) is 2.22. The highest BCUT2D eigenvalue weighted by Crippen LogP contribution is 2.04. The fourth-order valence-corrected chi connectivity index (χ4v) is 1.54. The maximum absolute atomic E-state index is 11.1. The van der Waals surface area contributed by atoms with Gasteiger partial charge in [0.2, 0.25) is 11.8 Å². The van der Waals surface area contributed by atoms with Gasteiger partial charge in [-0.1, -0.05) is 0 Å². The average molecular weight is 245 g/mol. The van der Waals surface area contributed by atoms with Crippen molar-refractivity contribution in [3.63, 3.8) is 0 Å². The molecule has 0 aliphatic heterocycles. The Morgan fingerprint density at radius 1 is 1.35 bits per heavy atom. The summed E-state index contributed by atoms with van der Waals surface area (Å²) in [6, 6.07) is -0.247. The van der Waals surface area contributed by atoms with E-state index in [1.54, 1.807) is 4.90 Å². The van der Waals surface area contributed by atoms with Crippen molar-refractivity contribution in [2.45, 2.75) is 31.7 Å². The van der Waals surface area contributed by atoms with Crippen LogP contribution in [0.5, 0.6) is 0 Å². The van der Waals surface area contributed by atoms with Crippen LogP contribution in [0.1, 0.15) is 25.7 Å². The highest BCUT2D eigenvalue weighted by atomic mass is 16.3. The third-order valence-electron chi connectivity index (χ3n) is 2.52. The first-order chi connectivity index (χ1) is 7.99. The van der Waals surface area contributed by atoms with E-state index in [9.17, 15) is 9.59 Å². The number of rotatable bonds is 9. The number of hydrogen-bond donors (Lipinski definition) is 3. The maximum atomic E-state index is 11.1. The zero-order valence-electron chi connectivity index (χ0n) is 10.6. The van der Waals surface area contributed by atoms with E-state index < -0.39 is 0 Å². The van der Waals surface area contributed by atoms with Gasteiger partial charge < -0.3 is 16.2 Å². The number of amides is 2. The van der Waals surface area contributed by atoms with E-state index >= 15 is 0 Å². The van der Waals surface area contributed by atoms with E-state index in [4.69, 9.17) is 10.8 Å². The molecule has 0 fully saturated rings. The molecule has 0 saturated heterocycles. The molecule has 4 N–H and O–H groups in total. The molecule has 0 aromatic rings. The summed E-state index contributed by atoms with van der Waals surface area (Å²) in [5.74, 6) is -0.467. The lowest BCUT2D eigenvalue weighted by molar-refractivity contribution is -0.123. The summed E-state index contributed by atoms with van der Waals surface area (Å²) in [6.45, 7) is 0.438. The van der Waals surface area contributed by atoms with Crippen LogP contribution < -0.4 is 11.1 Å². The molecule has 2 amide bonds. The van der Waals surface area contributed by atoms with Gasteiger partial charge >= 0.3 is 0 Å². The largest absolute Gasteiger partial charge is 0.396 e. The van der Waals surface area contributed by atoms with Gasteiger partial charge in [-0.3, -0.25) is 14.5 Å². The van der Waals surface area contributed by atoms with Gasteiger partial charge in [-0.15, -0.1) is 0 Å². The fourth-order valence-electron chi connectivity index (χ4n) is 1.54. The van der Waals surface area contributed by atoms with Crippen LogP contribution in [0.3, 0.4) is 0 Å². The minimum Gasteiger partial charge on any atom is -0.396 e. The Hall–Kier alpha value is -1.14. The van der Waals surface area contributed by atoms with Gasteiger partial charge in [-0.05, 0) is 33.4 Å². The van der Waals surface area contributed by atoms with Gasteiger partial charge in [-0.2, -0.15) is 0 Å². The summed E-state index contributed by atoms with van der Waals surface area (Å²) in [6.07, 6.45) is 2.46. The van der Waals surface area contributed by atoms with Gasteiger partial charge in [0.05, 0.1) is 12.6 Å². The van der Waals surface area contributed by atoms with Crippen LogP contribution >= 0.6 is 0 Å². The van der Waals surface area contributed by atoms with E-state index in [-0.39, 0.29) is 30.9 Å². The minimum absolute atomic E-state index is 0.129. The topological polar surface area (TPSA) is 95.7 Å². The highest BCUT2D eigenvalue weighted by molar-refractivity contribution is 5.79. The number of hydrogen-bond acceptors (Lipinski definition) is 4. The molecule has 0 aromatic heterocycles. The number of nitrogens with zero attached hydrogens (tertiary/aromatic N) is 1. The van der Waals surface area contributed by atoms with Crippen LogP contribution in [0.4, 0.5) is 0 Å². The van der Waals surface area contributed by atoms with Crippen LogP contribution in [0.2, 0.25) is 0 Å². The van der Waals surface area contributed by atoms with Crippen molar-refractivity contribution in [1.82, 2.24) is 10.2 Å². The summed E-state index contributed by atoms with van der Waals surface area (Å²) in [5, 5.41) is 11.2. The molecule has 0 aliphatic rings. The summed E-state index contributed by atoms with van der Waals surface area (Å²) in [7, 11) is 3.64. The van der Waals surface area contributed by atoms with Gasteiger partial charge in [0.1, 0.15) is 0 Å². The molecule has 0 spiro atoms. The van der Waals surface area contributed by atoms with Crippen molar-refractivity contribution in [2.24, 2.45) is 5.73 Å². The molecule has 100 valence electrons. The summed E-state index contributed by atoms with van der Waals surface area (Å²) >= 11 is 0. The Labute approximate surface area is 102 Å². The van der Waals surface area contributed by atoms with E-state index in [0.717, 1.165) is 12.8 Å². The predicted molar refractivity (Wildman–Crippen MR) is 65.2 cm³/mol. The van der Waals surface area contributed by atoms with Crippen LogP contribution in [-0.4, -0.2) is 55.1 Å². The third-order valence-corrected chi connectivity index (χ3v) is 2.52. The molecule has 0 heterocycles. The lowest BCUT2D eigenvalue weighted by Gasteiger charge is -2.20. The second-order valence-electron chi connectivity index (χ2n) is 4.20. The normalized spacial score (nSPS) is 12.5. The number of aliphatic hydroxyl groups is 1. The number of carbonyl (C=O) groups excluding carboxylic acids is 2. The Morgan fingerprint density at radius 3 is 2.47 bits per heavy atom. The molecular formula is C11H23N3O3. The van der Waals surface area contributed by atoms with E-state index in [2.05, 4.69) is 5.32 Å². The van der Waals surface area contributed by atoms with Crippen molar-refractivity contribution in [2.75, 3.05) is 27.2 Å². The Morgan fingerprint density at radius 2 is 2.00 bits per heavy atom. The number of carbonyl (C=O) groups is 2. The number of aliphatic hydroxyl groups excluding tert-OH is 1. The fraction of sp³-hybridized carbons (Fsp3) is 0.818. The molecule has 0 radical (unpaired) electrons. The molecule has 0 bridgehead atoms. The first-order valence-electron chi connectivity index (χ1n) is 5.82. The molecule has 1 unspecified atom stereocenters. The van der Waals surface area contributed by atoms with Crippen molar-refractivity contribution in [3.8, 4) is 0 Å². The Balaban J connectivity index is 3.62. The Bertz CT molecular complexity index is 244. The number of likely N-dealkylation sites (N-methyl/N-ethyl adjacent to an activating group) is 1. The summed E-state index contributed by atoms with van der Waals surface area (Å²) in [5.41, 5.74) is 5.26. The number of nitrogens with one attached hydrogen (secondary N) is 1. The Kier molecular flexibility index (Phi) is 8.35. The van der Waals surface area contributed by atoms with Crippen LogP contribution in [0.15, 0.2) is 0 Å². The molecule has 1 atom stereocenters. The van der Waals surface area contributed by atoms with Gasteiger partial charge in [0, 0.05) is 13.0 Å². The third kappa shape index (κ3) is 7.70. The predicted octanol–water partition coefficient (Wildman–Crippen LogP) is -0.929. The standard InChI is InChI=1S/C11H23N3O3/c1-14(2)9(11(12)17)5-3-4-7-13-10(16)6-8-15/h9,15H,3-8H2,1-2H3,(H2,12,17)(H,13,16). The molecule has 17 heavy (non-hydrogen) atoms. The minimum atomic E-state index is -0.320. The molecule has 6 heteroatoms. The van der Waals surface area contributed by atoms with E-state index in [1.807, 2.05) is 14.1 Å². The second kappa shape index (κ2) is 8.95. The lowest BCUT2D eigenvalue weighted by Crippen LogP contribution is -2.40. The molecular weight excluding hydrogens is 222 g/mol. The van der Waals surface area contributed by atoms with E-state index in [1.165, 1.54) is 0 Å². The first-order valence-corrected chi connectivity index (χ1v) is 5.82. The number of unbranched alkanes of at least 4 members (excludes halogenated alkanes) is 1. The van der Waals surface area contributed by atoms with Crippen LogP contribution in [0.25, 0.3) is 0 Å². The summed E-state index contributed by atoms with van der Waals surface area (Å²) < 4.78 is 0. The monoisotopic (exact) mass is 245 g/mol. The SMILES string of the molecule is CN(C)C(CCCCNC(=O)CCO)C(N)=O. The summed E-state index contributed by atoms with van der Waals surface area (Å²) in [4.78, 5) is 23.9. The van der Waals surface area contributed by atoms with Crippen LogP contribution in [-0.2, 0) is 9.59 Å². The smallest absolute Gasteiger partial charge is 0.234 e. The molecule has 0 aromatic carbocycles. The van der Waals surface area contributed by atoms with Gasteiger partial charge in [-0.25, -0.2) is 0 Å². The number of nitrogens with two attached hydrogens (primary N) is 1. The lowest BCUT2D eigenvalue weighted by atomic mass is 10.1. The molecule has 0 saturated carbocycles.